The number of nitrogens with two attached hydrogens (primary N) is 1. The zero-order valence-corrected chi connectivity index (χ0v) is 8.09. The Morgan fingerprint density at radius 1 is 1.42 bits per heavy atom. The molecule has 0 fully saturated rings. The molecule has 0 saturated heterocycles. The van der Waals surface area contributed by atoms with Gasteiger partial charge in [0.15, 0.2) is 5.16 Å². The fourth-order valence-electron chi connectivity index (χ4n) is 1.04. The monoisotopic (exact) mass is 186 g/mol. The molecule has 1 rings (SSSR count). The van der Waals surface area contributed by atoms with Crippen LogP contribution in [0, 0.1) is 0 Å². The van der Waals surface area contributed by atoms with Gasteiger partial charge in [0.2, 0.25) is 5.95 Å². The quantitative estimate of drug-likeness (QED) is 0.551. The average Bonchev–Trinajstić information content (AvgIpc) is 2.35. The summed E-state index contributed by atoms with van der Waals surface area (Å²) in [5, 5.41) is 8.06. The highest BCUT2D eigenvalue weighted by Crippen LogP contribution is 2.09. The summed E-state index contributed by atoms with van der Waals surface area (Å²) < 4.78 is 1.82. The summed E-state index contributed by atoms with van der Waals surface area (Å²) in [6.07, 6.45) is 3.50. The van der Waals surface area contributed by atoms with E-state index in [4.69, 9.17) is 5.73 Å². The van der Waals surface area contributed by atoms with E-state index in [9.17, 15) is 0 Å². The number of rotatable bonds is 4. The molecule has 0 aliphatic carbocycles. The molecule has 12 heavy (non-hydrogen) atoms. The molecule has 0 aliphatic heterocycles. The maximum atomic E-state index is 5.56. The summed E-state index contributed by atoms with van der Waals surface area (Å²) >= 11 is 4.13. The zero-order chi connectivity index (χ0) is 8.97. The van der Waals surface area contributed by atoms with Gasteiger partial charge in [-0.1, -0.05) is 19.8 Å². The average molecular weight is 186 g/mol. The van der Waals surface area contributed by atoms with Crippen LogP contribution < -0.4 is 5.73 Å². The maximum absolute atomic E-state index is 5.56. The van der Waals surface area contributed by atoms with Crippen LogP contribution in [0.5, 0.6) is 0 Å². The largest absolute Gasteiger partial charge is 0.368 e. The van der Waals surface area contributed by atoms with E-state index in [1.54, 1.807) is 0 Å². The topological polar surface area (TPSA) is 56.7 Å². The lowest BCUT2D eigenvalue weighted by atomic mass is 10.2. The summed E-state index contributed by atoms with van der Waals surface area (Å²) in [6.45, 7) is 3.03. The molecule has 0 spiro atoms. The molecule has 4 nitrogen and oxygen atoms in total. The molecule has 0 atom stereocenters. The predicted octanol–water partition coefficient (Wildman–Crippen LogP) is 1.34. The third-order valence-corrected chi connectivity index (χ3v) is 2.08. The first-order valence-corrected chi connectivity index (χ1v) is 4.58. The van der Waals surface area contributed by atoms with Crippen molar-refractivity contribution in [2.75, 3.05) is 5.73 Å². The van der Waals surface area contributed by atoms with E-state index >= 15 is 0 Å². The Kier molecular flexibility index (Phi) is 3.40. The molecular weight excluding hydrogens is 172 g/mol. The number of anilines is 1. The fraction of sp³-hybridized carbons (Fsp3) is 0.714. The summed E-state index contributed by atoms with van der Waals surface area (Å²) in [5.74, 6) is 0.455. The van der Waals surface area contributed by atoms with Crippen LogP contribution in [0.1, 0.15) is 26.2 Å². The van der Waals surface area contributed by atoms with E-state index in [1.807, 2.05) is 4.57 Å². The molecule has 68 valence electrons. The van der Waals surface area contributed by atoms with Crippen LogP contribution >= 0.6 is 12.6 Å². The third-order valence-electron chi connectivity index (χ3n) is 1.75. The predicted molar refractivity (Wildman–Crippen MR) is 51.2 cm³/mol. The highest BCUT2D eigenvalue weighted by Gasteiger charge is 2.03. The van der Waals surface area contributed by atoms with Gasteiger partial charge >= 0.3 is 0 Å². The number of thiol groups is 1. The number of nitrogen functional groups attached to an aromatic ring is 1. The highest BCUT2D eigenvalue weighted by atomic mass is 32.1. The first kappa shape index (κ1) is 9.38. The van der Waals surface area contributed by atoms with Crippen LogP contribution in [0.4, 0.5) is 5.95 Å². The van der Waals surface area contributed by atoms with Crippen molar-refractivity contribution in [1.82, 2.24) is 14.8 Å². The zero-order valence-electron chi connectivity index (χ0n) is 7.19. The molecule has 5 heteroatoms. The Labute approximate surface area is 77.6 Å². The van der Waals surface area contributed by atoms with Gasteiger partial charge in [-0.2, -0.15) is 0 Å². The number of aromatic nitrogens is 3. The molecule has 0 saturated carbocycles. The lowest BCUT2D eigenvalue weighted by Gasteiger charge is -2.03. The summed E-state index contributed by atoms with van der Waals surface area (Å²) in [7, 11) is 0. The Morgan fingerprint density at radius 3 is 2.67 bits per heavy atom. The maximum Gasteiger partial charge on any atom is 0.222 e. The second-order valence-corrected chi connectivity index (χ2v) is 3.12. The number of unbranched alkanes of at least 4 members (excludes halogenated alkanes) is 2. The van der Waals surface area contributed by atoms with Crippen molar-refractivity contribution in [1.29, 1.82) is 0 Å². The fourth-order valence-corrected chi connectivity index (χ4v) is 1.29. The van der Waals surface area contributed by atoms with Crippen molar-refractivity contribution in [2.24, 2.45) is 0 Å². The molecule has 0 unspecified atom stereocenters. The van der Waals surface area contributed by atoms with Gasteiger partial charge in [0.25, 0.3) is 0 Å². The minimum atomic E-state index is 0.455. The Morgan fingerprint density at radius 2 is 2.17 bits per heavy atom. The number of hydrogen-bond acceptors (Lipinski definition) is 4. The van der Waals surface area contributed by atoms with E-state index in [-0.39, 0.29) is 0 Å². The van der Waals surface area contributed by atoms with E-state index in [1.165, 1.54) is 12.8 Å². The SMILES string of the molecule is CCCCCn1c(N)nnc1S. The lowest BCUT2D eigenvalue weighted by molar-refractivity contribution is 0.573. The number of hydrogen-bond donors (Lipinski definition) is 2. The van der Waals surface area contributed by atoms with E-state index in [0.29, 0.717) is 11.1 Å². The van der Waals surface area contributed by atoms with Gasteiger partial charge in [-0.15, -0.1) is 22.8 Å². The van der Waals surface area contributed by atoms with Gasteiger partial charge < -0.3 is 5.73 Å². The van der Waals surface area contributed by atoms with Gasteiger partial charge in [0, 0.05) is 6.54 Å². The molecule has 0 amide bonds. The highest BCUT2D eigenvalue weighted by molar-refractivity contribution is 7.80. The lowest BCUT2D eigenvalue weighted by Crippen LogP contribution is -2.03. The van der Waals surface area contributed by atoms with Crippen LogP contribution in [0.3, 0.4) is 0 Å². The van der Waals surface area contributed by atoms with E-state index in [2.05, 4.69) is 29.7 Å². The summed E-state index contributed by atoms with van der Waals surface area (Å²) in [4.78, 5) is 0. The van der Waals surface area contributed by atoms with Crippen LogP contribution in [0.15, 0.2) is 5.16 Å². The van der Waals surface area contributed by atoms with E-state index in [0.717, 1.165) is 13.0 Å². The summed E-state index contributed by atoms with van der Waals surface area (Å²) in [5.41, 5.74) is 5.56. The van der Waals surface area contributed by atoms with Crippen molar-refractivity contribution in [3.8, 4) is 0 Å². The van der Waals surface area contributed by atoms with Crippen LogP contribution in [-0.4, -0.2) is 14.8 Å². The molecule has 0 aliphatic rings. The third kappa shape index (κ3) is 2.14. The van der Waals surface area contributed by atoms with Gasteiger partial charge in [0.1, 0.15) is 0 Å². The second kappa shape index (κ2) is 4.35. The Balaban J connectivity index is 2.50. The van der Waals surface area contributed by atoms with Crippen LogP contribution in [0.25, 0.3) is 0 Å². The molecule has 1 aromatic rings. The second-order valence-electron chi connectivity index (χ2n) is 2.72. The van der Waals surface area contributed by atoms with Gasteiger partial charge in [-0.3, -0.25) is 4.57 Å². The Bertz CT molecular complexity index is 226. The molecule has 2 N–H and O–H groups in total. The molecule has 1 heterocycles. The minimum Gasteiger partial charge on any atom is -0.368 e. The molecule has 0 bridgehead atoms. The Hall–Kier alpha value is -0.710. The normalized spacial score (nSPS) is 10.5. The summed E-state index contributed by atoms with van der Waals surface area (Å²) in [6, 6.07) is 0. The van der Waals surface area contributed by atoms with Gasteiger partial charge in [-0.05, 0) is 6.42 Å². The van der Waals surface area contributed by atoms with Gasteiger partial charge in [-0.25, -0.2) is 0 Å². The van der Waals surface area contributed by atoms with Gasteiger partial charge in [0.05, 0.1) is 0 Å². The van der Waals surface area contributed by atoms with Crippen LogP contribution in [0.2, 0.25) is 0 Å². The number of nitrogens with zero attached hydrogens (tertiary/aromatic N) is 3. The molecule has 0 aromatic carbocycles. The van der Waals surface area contributed by atoms with Crippen LogP contribution in [-0.2, 0) is 6.54 Å². The molecule has 0 radical (unpaired) electrons. The van der Waals surface area contributed by atoms with Crippen molar-refractivity contribution in [3.05, 3.63) is 0 Å². The van der Waals surface area contributed by atoms with E-state index < -0.39 is 0 Å². The molecular formula is C7H14N4S. The first-order valence-electron chi connectivity index (χ1n) is 4.13. The smallest absolute Gasteiger partial charge is 0.222 e. The van der Waals surface area contributed by atoms with Crippen molar-refractivity contribution in [2.45, 2.75) is 37.9 Å². The standard InChI is InChI=1S/C7H14N4S/c1-2-3-4-5-11-6(8)9-10-7(11)12/h2-5H2,1H3,(H2,8,9)(H,10,12). The van der Waals surface area contributed by atoms with Crippen molar-refractivity contribution >= 4 is 18.6 Å². The molecule has 1 aromatic heterocycles. The van der Waals surface area contributed by atoms with Crippen molar-refractivity contribution in [3.63, 3.8) is 0 Å². The minimum absolute atomic E-state index is 0.455. The van der Waals surface area contributed by atoms with Crippen molar-refractivity contribution < 1.29 is 0 Å². The first-order chi connectivity index (χ1) is 5.75.